The van der Waals surface area contributed by atoms with Crippen LogP contribution in [0.15, 0.2) is 24.3 Å². The molecule has 0 radical (unpaired) electrons. The first-order valence-corrected chi connectivity index (χ1v) is 11.5. The molecule has 28 heavy (non-hydrogen) atoms. The van der Waals surface area contributed by atoms with Crippen LogP contribution in [0.4, 0.5) is 0 Å². The highest BCUT2D eigenvalue weighted by Gasteiger charge is 2.30. The van der Waals surface area contributed by atoms with Gasteiger partial charge in [-0.2, -0.15) is 16.9 Å². The Hall–Kier alpha value is -1.50. The molecule has 2 aromatic rings. The summed E-state index contributed by atoms with van der Waals surface area (Å²) in [6.07, 6.45) is 3.92. The van der Waals surface area contributed by atoms with E-state index < -0.39 is 0 Å². The average molecular weight is 419 g/mol. The first-order valence-electron chi connectivity index (χ1n) is 10.0. The lowest BCUT2D eigenvalue weighted by Crippen LogP contribution is -2.40. The van der Waals surface area contributed by atoms with Gasteiger partial charge in [-0.1, -0.05) is 23.7 Å². The van der Waals surface area contributed by atoms with E-state index in [-0.39, 0.29) is 5.91 Å². The van der Waals surface area contributed by atoms with Crippen LogP contribution in [-0.4, -0.2) is 57.8 Å². The van der Waals surface area contributed by atoms with Crippen LogP contribution in [-0.2, 0) is 26.3 Å². The summed E-state index contributed by atoms with van der Waals surface area (Å²) in [5.41, 5.74) is 4.34. The molecule has 5 nitrogen and oxygen atoms in total. The zero-order chi connectivity index (χ0) is 19.5. The Morgan fingerprint density at radius 1 is 1.29 bits per heavy atom. The summed E-state index contributed by atoms with van der Waals surface area (Å²) in [7, 11) is 1.97. The number of benzene rings is 1. The van der Waals surface area contributed by atoms with Gasteiger partial charge in [0.1, 0.15) is 0 Å². The number of hydrogen-bond donors (Lipinski definition) is 1. The number of carbonyl (C=O) groups is 1. The van der Waals surface area contributed by atoms with E-state index in [9.17, 15) is 4.79 Å². The number of thioether (sulfide) groups is 1. The molecule has 2 aliphatic rings. The highest BCUT2D eigenvalue weighted by atomic mass is 35.5. The topological polar surface area (TPSA) is 50.2 Å². The molecule has 1 aliphatic heterocycles. The van der Waals surface area contributed by atoms with Crippen molar-refractivity contribution in [2.24, 2.45) is 7.05 Å². The van der Waals surface area contributed by atoms with E-state index in [0.717, 1.165) is 67.4 Å². The van der Waals surface area contributed by atoms with Crippen LogP contribution in [0.25, 0.3) is 0 Å². The third-order valence-electron chi connectivity index (χ3n) is 5.72. The van der Waals surface area contributed by atoms with Crippen LogP contribution in [0.5, 0.6) is 0 Å². The van der Waals surface area contributed by atoms with Crippen molar-refractivity contribution in [3.63, 3.8) is 0 Å². The fourth-order valence-corrected chi connectivity index (χ4v) is 5.15. The summed E-state index contributed by atoms with van der Waals surface area (Å²) < 4.78 is 1.92. The van der Waals surface area contributed by atoms with Gasteiger partial charge in [0.2, 0.25) is 0 Å². The zero-order valence-corrected chi connectivity index (χ0v) is 17.9. The van der Waals surface area contributed by atoms with Gasteiger partial charge in [-0.25, -0.2) is 0 Å². The first kappa shape index (κ1) is 19.8. The molecule has 150 valence electrons. The van der Waals surface area contributed by atoms with Crippen LogP contribution in [0.3, 0.4) is 0 Å². The number of carbonyl (C=O) groups excluding carboxylic acids is 1. The quantitative estimate of drug-likeness (QED) is 0.811. The Labute approximate surface area is 175 Å². The van der Waals surface area contributed by atoms with Crippen LogP contribution < -0.4 is 5.32 Å². The Balaban J connectivity index is 1.39. The normalized spacial score (nSPS) is 19.5. The molecule has 1 saturated heterocycles. The van der Waals surface area contributed by atoms with Gasteiger partial charge in [-0.3, -0.25) is 9.48 Å². The predicted octanol–water partition coefficient (Wildman–Crippen LogP) is 2.95. The minimum absolute atomic E-state index is 0.110. The minimum Gasteiger partial charge on any atom is -0.336 e. The second kappa shape index (κ2) is 8.89. The van der Waals surface area contributed by atoms with Gasteiger partial charge in [0.15, 0.2) is 5.69 Å². The monoisotopic (exact) mass is 418 g/mol. The number of rotatable bonds is 5. The maximum absolute atomic E-state index is 13.0. The Morgan fingerprint density at radius 3 is 2.79 bits per heavy atom. The Kier molecular flexibility index (Phi) is 6.28. The van der Waals surface area contributed by atoms with Gasteiger partial charge in [-0.05, 0) is 49.9 Å². The van der Waals surface area contributed by atoms with E-state index in [2.05, 4.69) is 22.5 Å². The van der Waals surface area contributed by atoms with Gasteiger partial charge in [0.25, 0.3) is 5.91 Å². The molecule has 1 amide bonds. The number of nitrogens with one attached hydrogen (secondary N) is 1. The summed E-state index contributed by atoms with van der Waals surface area (Å²) in [6, 6.07) is 8.44. The molecule has 2 heterocycles. The molecule has 0 saturated carbocycles. The summed E-state index contributed by atoms with van der Waals surface area (Å²) >= 11 is 7.87. The van der Waals surface area contributed by atoms with Gasteiger partial charge < -0.3 is 10.2 Å². The number of fused-ring (bicyclic) bond motifs is 1. The number of halogens is 1. The Morgan fingerprint density at radius 2 is 2.04 bits per heavy atom. The predicted molar refractivity (Wildman–Crippen MR) is 115 cm³/mol. The number of aromatic nitrogens is 2. The SMILES string of the molecule is Cn1nc(C(=O)N2CCSCC2)c2c1CCC(NCCc1ccc(Cl)cc1)C2. The molecule has 4 rings (SSSR count). The molecule has 7 heteroatoms. The maximum Gasteiger partial charge on any atom is 0.274 e. The second-order valence-electron chi connectivity index (χ2n) is 7.57. The molecule has 1 aliphatic carbocycles. The molecule has 1 fully saturated rings. The van der Waals surface area contributed by atoms with E-state index in [0.29, 0.717) is 11.7 Å². The number of aryl methyl sites for hydroxylation is 1. The largest absolute Gasteiger partial charge is 0.336 e. The van der Waals surface area contributed by atoms with Crippen LogP contribution >= 0.6 is 23.4 Å². The van der Waals surface area contributed by atoms with Crippen molar-refractivity contribution >= 4 is 29.3 Å². The van der Waals surface area contributed by atoms with E-state index in [1.807, 2.05) is 40.5 Å². The highest BCUT2D eigenvalue weighted by molar-refractivity contribution is 7.99. The summed E-state index contributed by atoms with van der Waals surface area (Å²) in [5.74, 6) is 2.16. The van der Waals surface area contributed by atoms with Crippen molar-refractivity contribution in [2.45, 2.75) is 31.7 Å². The van der Waals surface area contributed by atoms with Crippen molar-refractivity contribution in [3.05, 3.63) is 51.8 Å². The number of hydrogen-bond acceptors (Lipinski definition) is 4. The zero-order valence-electron chi connectivity index (χ0n) is 16.3. The highest BCUT2D eigenvalue weighted by Crippen LogP contribution is 2.26. The van der Waals surface area contributed by atoms with Crippen molar-refractivity contribution in [1.82, 2.24) is 20.0 Å². The minimum atomic E-state index is 0.110. The molecule has 1 aromatic heterocycles. The maximum atomic E-state index is 13.0. The lowest BCUT2D eigenvalue weighted by Gasteiger charge is -2.27. The summed E-state index contributed by atoms with van der Waals surface area (Å²) in [4.78, 5) is 15.0. The Bertz CT molecular complexity index is 830. The van der Waals surface area contributed by atoms with Gasteiger partial charge >= 0.3 is 0 Å². The third kappa shape index (κ3) is 4.39. The van der Waals surface area contributed by atoms with Gasteiger partial charge in [0, 0.05) is 54.0 Å². The number of nitrogens with zero attached hydrogens (tertiary/aromatic N) is 3. The summed E-state index contributed by atoms with van der Waals surface area (Å²) in [6.45, 7) is 2.59. The molecule has 1 N–H and O–H groups in total. The van der Waals surface area contributed by atoms with Crippen molar-refractivity contribution in [3.8, 4) is 0 Å². The van der Waals surface area contributed by atoms with Gasteiger partial charge in [0.05, 0.1) is 0 Å². The lowest BCUT2D eigenvalue weighted by atomic mass is 9.91. The second-order valence-corrected chi connectivity index (χ2v) is 9.23. The van der Waals surface area contributed by atoms with Crippen LogP contribution in [0.1, 0.15) is 33.7 Å². The van der Waals surface area contributed by atoms with Crippen molar-refractivity contribution < 1.29 is 4.79 Å². The first-order chi connectivity index (χ1) is 13.6. The van der Waals surface area contributed by atoms with Gasteiger partial charge in [-0.15, -0.1) is 0 Å². The fourth-order valence-electron chi connectivity index (χ4n) is 4.12. The van der Waals surface area contributed by atoms with Crippen molar-refractivity contribution in [2.75, 3.05) is 31.1 Å². The van der Waals surface area contributed by atoms with Crippen LogP contribution in [0.2, 0.25) is 5.02 Å². The van der Waals surface area contributed by atoms with E-state index in [4.69, 9.17) is 11.6 Å². The molecular formula is C21H27ClN4OS. The van der Waals surface area contributed by atoms with E-state index in [1.165, 1.54) is 11.3 Å². The average Bonchev–Trinajstić information content (AvgIpc) is 3.05. The number of amides is 1. The lowest BCUT2D eigenvalue weighted by molar-refractivity contribution is 0.0764. The third-order valence-corrected chi connectivity index (χ3v) is 6.91. The smallest absolute Gasteiger partial charge is 0.274 e. The van der Waals surface area contributed by atoms with Crippen LogP contribution in [0, 0.1) is 0 Å². The summed E-state index contributed by atoms with van der Waals surface area (Å²) in [5, 5.41) is 9.07. The fraction of sp³-hybridized carbons (Fsp3) is 0.524. The molecular weight excluding hydrogens is 392 g/mol. The molecule has 0 bridgehead atoms. The van der Waals surface area contributed by atoms with E-state index >= 15 is 0 Å². The molecule has 0 spiro atoms. The molecule has 1 unspecified atom stereocenters. The van der Waals surface area contributed by atoms with E-state index in [1.54, 1.807) is 0 Å². The molecule has 1 atom stereocenters. The van der Waals surface area contributed by atoms with Crippen molar-refractivity contribution in [1.29, 1.82) is 0 Å². The molecule has 1 aromatic carbocycles. The standard InChI is InChI=1S/C21H27ClN4OS/c1-25-19-7-6-17(23-9-8-15-2-4-16(22)5-3-15)14-18(19)20(24-25)21(27)26-10-12-28-13-11-26/h2-5,17,23H,6-14H2,1H3.